The average molecular weight is 499 g/mol. The summed E-state index contributed by atoms with van der Waals surface area (Å²) in [6, 6.07) is 31.8. The molecule has 4 aromatic carbocycles. The Bertz CT molecular complexity index is 1350. The van der Waals surface area contributed by atoms with Crippen molar-refractivity contribution in [1.29, 1.82) is 0 Å². The molecule has 0 fully saturated rings. The minimum absolute atomic E-state index is 0.206. The molecule has 0 aliphatic carbocycles. The van der Waals surface area contributed by atoms with Gasteiger partial charge in [0.2, 0.25) is 0 Å². The lowest BCUT2D eigenvalue weighted by Gasteiger charge is -2.31. The SMILES string of the molecule is O=C(Nc1ccccc1)N1OC(c2ccc(Cl)cc2)N(C(=O)Nc2ccccc2)Cc2ccccc21. The predicted octanol–water partition coefficient (Wildman–Crippen LogP) is 7.06. The Morgan fingerprint density at radius 1 is 0.722 bits per heavy atom. The monoisotopic (exact) mass is 498 g/mol. The normalized spacial score (nSPS) is 15.0. The number of hydrogen-bond donors (Lipinski definition) is 2. The van der Waals surface area contributed by atoms with E-state index < -0.39 is 12.3 Å². The summed E-state index contributed by atoms with van der Waals surface area (Å²) < 4.78 is 0. The Hall–Kier alpha value is -4.33. The van der Waals surface area contributed by atoms with Crippen LogP contribution in [0.3, 0.4) is 0 Å². The number of para-hydroxylation sites is 3. The van der Waals surface area contributed by atoms with Crippen LogP contribution in [0.2, 0.25) is 5.02 Å². The third-order valence-corrected chi connectivity index (χ3v) is 5.94. The number of carbonyl (C=O) groups excluding carboxylic acids is 2. The van der Waals surface area contributed by atoms with E-state index in [0.717, 1.165) is 5.56 Å². The van der Waals surface area contributed by atoms with Crippen molar-refractivity contribution in [3.63, 3.8) is 0 Å². The summed E-state index contributed by atoms with van der Waals surface area (Å²) in [5.41, 5.74) is 3.22. The van der Waals surface area contributed by atoms with Gasteiger partial charge in [0.05, 0.1) is 12.2 Å². The third kappa shape index (κ3) is 5.17. The summed E-state index contributed by atoms with van der Waals surface area (Å²) in [5.74, 6) is 0. The van der Waals surface area contributed by atoms with E-state index in [-0.39, 0.29) is 12.6 Å². The number of hydroxylamine groups is 1. The molecule has 1 aliphatic rings. The van der Waals surface area contributed by atoms with Crippen LogP contribution in [0.5, 0.6) is 0 Å². The number of amides is 4. The summed E-state index contributed by atoms with van der Waals surface area (Å²) in [7, 11) is 0. The third-order valence-electron chi connectivity index (χ3n) is 5.69. The van der Waals surface area contributed by atoms with E-state index in [2.05, 4.69) is 10.6 Å². The van der Waals surface area contributed by atoms with Gasteiger partial charge in [-0.2, -0.15) is 5.06 Å². The van der Waals surface area contributed by atoms with Crippen molar-refractivity contribution in [2.75, 3.05) is 15.7 Å². The molecule has 0 aromatic heterocycles. The Kier molecular flexibility index (Phi) is 6.84. The Labute approximate surface area is 213 Å². The van der Waals surface area contributed by atoms with E-state index in [1.54, 1.807) is 59.5 Å². The van der Waals surface area contributed by atoms with Gasteiger partial charge in [-0.15, -0.1) is 0 Å². The van der Waals surface area contributed by atoms with Gasteiger partial charge in [-0.05, 0) is 48.0 Å². The number of hydrogen-bond acceptors (Lipinski definition) is 3. The van der Waals surface area contributed by atoms with Gasteiger partial charge in [-0.3, -0.25) is 4.90 Å². The van der Waals surface area contributed by atoms with E-state index in [0.29, 0.717) is 27.6 Å². The Morgan fingerprint density at radius 2 is 1.28 bits per heavy atom. The molecule has 0 spiro atoms. The molecule has 1 heterocycles. The second-order valence-corrected chi connectivity index (χ2v) is 8.59. The van der Waals surface area contributed by atoms with Crippen LogP contribution >= 0.6 is 11.6 Å². The molecule has 7 nitrogen and oxygen atoms in total. The quantitative estimate of drug-likeness (QED) is 0.317. The minimum atomic E-state index is -0.917. The Morgan fingerprint density at radius 3 is 1.92 bits per heavy atom. The van der Waals surface area contributed by atoms with Crippen LogP contribution in [-0.4, -0.2) is 17.0 Å². The van der Waals surface area contributed by atoms with Crippen LogP contribution in [0.15, 0.2) is 109 Å². The van der Waals surface area contributed by atoms with Crippen molar-refractivity contribution in [2.45, 2.75) is 12.8 Å². The number of nitrogens with zero attached hydrogens (tertiary/aromatic N) is 2. The molecule has 1 atom stereocenters. The molecule has 1 unspecified atom stereocenters. The topological polar surface area (TPSA) is 73.9 Å². The van der Waals surface area contributed by atoms with Crippen LogP contribution in [0.25, 0.3) is 0 Å². The second-order valence-electron chi connectivity index (χ2n) is 8.15. The molecule has 8 heteroatoms. The van der Waals surface area contributed by atoms with Crippen molar-refractivity contribution in [1.82, 2.24) is 4.90 Å². The van der Waals surface area contributed by atoms with E-state index in [4.69, 9.17) is 16.4 Å². The lowest BCUT2D eigenvalue weighted by molar-refractivity contribution is -0.0366. The van der Waals surface area contributed by atoms with E-state index in [1.165, 1.54) is 5.06 Å². The first-order valence-corrected chi connectivity index (χ1v) is 11.8. The lowest BCUT2D eigenvalue weighted by Crippen LogP contribution is -2.42. The maximum atomic E-state index is 13.5. The molecule has 1 aliphatic heterocycles. The first kappa shape index (κ1) is 23.4. The smallest absolute Gasteiger partial charge is 0.308 e. The summed E-state index contributed by atoms with van der Waals surface area (Å²) in [6.07, 6.45) is -0.917. The molecule has 0 bridgehead atoms. The molecule has 0 saturated carbocycles. The number of carbonyl (C=O) groups is 2. The molecule has 180 valence electrons. The number of fused-ring (bicyclic) bond motifs is 1. The van der Waals surface area contributed by atoms with E-state index >= 15 is 0 Å². The highest BCUT2D eigenvalue weighted by molar-refractivity contribution is 6.30. The van der Waals surface area contributed by atoms with Gasteiger partial charge in [0.1, 0.15) is 0 Å². The van der Waals surface area contributed by atoms with Gasteiger partial charge in [-0.1, -0.05) is 78.3 Å². The predicted molar refractivity (Wildman–Crippen MR) is 141 cm³/mol. The number of rotatable bonds is 3. The standard InChI is InChI=1S/C28H23ClN4O3/c29-22-17-15-20(16-18-22)26-32(27(34)30-23-10-3-1-4-11-23)19-21-9-7-8-14-25(21)33(36-26)28(35)31-24-12-5-2-6-13-24/h1-18,26H,19H2,(H,30,34)(H,31,35). The average Bonchev–Trinajstić information content (AvgIpc) is 3.08. The molecule has 5 rings (SSSR count). The van der Waals surface area contributed by atoms with Crippen molar-refractivity contribution in [2.24, 2.45) is 0 Å². The Balaban J connectivity index is 1.53. The van der Waals surface area contributed by atoms with Gasteiger partial charge < -0.3 is 10.6 Å². The summed E-state index contributed by atoms with van der Waals surface area (Å²) >= 11 is 6.12. The van der Waals surface area contributed by atoms with Crippen LogP contribution < -0.4 is 15.7 Å². The summed E-state index contributed by atoms with van der Waals surface area (Å²) in [4.78, 5) is 34.8. The van der Waals surface area contributed by atoms with Crippen LogP contribution in [-0.2, 0) is 11.4 Å². The number of benzene rings is 4. The fraction of sp³-hybridized carbons (Fsp3) is 0.0714. The highest BCUT2D eigenvalue weighted by Crippen LogP contribution is 2.36. The fourth-order valence-electron chi connectivity index (χ4n) is 3.94. The van der Waals surface area contributed by atoms with Crippen LogP contribution in [0, 0.1) is 0 Å². The van der Waals surface area contributed by atoms with Crippen LogP contribution in [0.4, 0.5) is 26.7 Å². The van der Waals surface area contributed by atoms with Gasteiger partial charge >= 0.3 is 12.1 Å². The van der Waals surface area contributed by atoms with Crippen LogP contribution in [0.1, 0.15) is 17.4 Å². The van der Waals surface area contributed by atoms with E-state index in [1.807, 2.05) is 54.6 Å². The van der Waals surface area contributed by atoms with Gasteiger partial charge in [0.25, 0.3) is 0 Å². The molecular weight excluding hydrogens is 476 g/mol. The molecule has 2 N–H and O–H groups in total. The van der Waals surface area contributed by atoms with Crippen molar-refractivity contribution in [3.8, 4) is 0 Å². The van der Waals surface area contributed by atoms with Gasteiger partial charge in [-0.25, -0.2) is 14.4 Å². The molecule has 36 heavy (non-hydrogen) atoms. The maximum absolute atomic E-state index is 13.5. The molecule has 4 aromatic rings. The first-order valence-electron chi connectivity index (χ1n) is 11.4. The second kappa shape index (κ2) is 10.5. The van der Waals surface area contributed by atoms with Gasteiger partial charge in [0.15, 0.2) is 6.23 Å². The highest BCUT2D eigenvalue weighted by atomic mass is 35.5. The number of halogens is 1. The van der Waals surface area contributed by atoms with Crippen molar-refractivity contribution < 1.29 is 14.4 Å². The zero-order valence-corrected chi connectivity index (χ0v) is 19.9. The molecule has 0 saturated heterocycles. The molecular formula is C28H23ClN4O3. The maximum Gasteiger partial charge on any atom is 0.350 e. The number of nitrogens with one attached hydrogen (secondary N) is 2. The fourth-order valence-corrected chi connectivity index (χ4v) is 4.06. The van der Waals surface area contributed by atoms with Crippen molar-refractivity contribution >= 4 is 40.7 Å². The summed E-state index contributed by atoms with van der Waals surface area (Å²) in [6.45, 7) is 0.206. The number of anilines is 3. The zero-order valence-electron chi connectivity index (χ0n) is 19.2. The largest absolute Gasteiger partial charge is 0.350 e. The van der Waals surface area contributed by atoms with Crippen molar-refractivity contribution in [3.05, 3.63) is 125 Å². The number of urea groups is 2. The zero-order chi connectivity index (χ0) is 24.9. The van der Waals surface area contributed by atoms with E-state index in [9.17, 15) is 9.59 Å². The lowest BCUT2D eigenvalue weighted by atomic mass is 10.1. The molecule has 0 radical (unpaired) electrons. The first-order chi connectivity index (χ1) is 17.6. The highest BCUT2D eigenvalue weighted by Gasteiger charge is 2.36. The summed E-state index contributed by atoms with van der Waals surface area (Å²) in [5, 5.41) is 7.55. The molecule has 4 amide bonds. The minimum Gasteiger partial charge on any atom is -0.308 e. The van der Waals surface area contributed by atoms with Gasteiger partial charge in [0, 0.05) is 22.0 Å².